The summed E-state index contributed by atoms with van der Waals surface area (Å²) in [6.07, 6.45) is 1.65. The van der Waals surface area contributed by atoms with E-state index in [1.165, 1.54) is 16.0 Å². The topological polar surface area (TPSA) is 104 Å². The Morgan fingerprint density at radius 1 is 1.29 bits per heavy atom. The molecule has 0 spiro atoms. The van der Waals surface area contributed by atoms with Gasteiger partial charge < -0.3 is 9.47 Å². The molecule has 2 aromatic heterocycles. The van der Waals surface area contributed by atoms with Gasteiger partial charge in [-0.15, -0.1) is 15.3 Å². The van der Waals surface area contributed by atoms with Crippen LogP contribution in [0.2, 0.25) is 0 Å². The minimum Gasteiger partial charge on any atom is -0.493 e. The highest BCUT2D eigenvalue weighted by Gasteiger charge is 2.09. The third-order valence-corrected chi connectivity index (χ3v) is 3.55. The molecule has 0 radical (unpaired) electrons. The van der Waals surface area contributed by atoms with Crippen molar-refractivity contribution in [1.82, 2.24) is 25.2 Å². The minimum absolute atomic E-state index is 0.0290. The van der Waals surface area contributed by atoms with Gasteiger partial charge in [0, 0.05) is 0 Å². The van der Waals surface area contributed by atoms with Crippen molar-refractivity contribution < 1.29 is 14.3 Å². The molecule has 0 saturated heterocycles. The van der Waals surface area contributed by atoms with Crippen molar-refractivity contribution in [2.75, 3.05) is 12.4 Å². The van der Waals surface area contributed by atoms with Crippen molar-refractivity contribution in [3.8, 4) is 11.5 Å². The monoisotopic (exact) mass is 346 g/mol. The standard InChI is InChI=1S/C14H14N6O3S/c1-22-11-4-2-3-5-12(11)23-8-10-6-20(19-17-10)7-13(21)16-14-18-15-9-24-14/h2-6,9H,7-8H2,1H3,(H,16,18,21). The first kappa shape index (κ1) is 15.9. The van der Waals surface area contributed by atoms with Crippen molar-refractivity contribution in [2.24, 2.45) is 0 Å². The average molecular weight is 346 g/mol. The molecule has 1 N–H and O–H groups in total. The smallest absolute Gasteiger partial charge is 0.247 e. The lowest BCUT2D eigenvalue weighted by Gasteiger charge is -2.08. The van der Waals surface area contributed by atoms with Gasteiger partial charge in [-0.2, -0.15) is 0 Å². The SMILES string of the molecule is COc1ccccc1OCc1cn(CC(=O)Nc2nncs2)nn1. The normalized spacial score (nSPS) is 10.4. The predicted molar refractivity (Wildman–Crippen MR) is 85.9 cm³/mol. The van der Waals surface area contributed by atoms with E-state index in [9.17, 15) is 4.79 Å². The molecule has 124 valence electrons. The molecular weight excluding hydrogens is 332 g/mol. The Bertz CT molecular complexity index is 804. The fourth-order valence-corrected chi connectivity index (χ4v) is 2.37. The fraction of sp³-hybridized carbons (Fsp3) is 0.214. The number of methoxy groups -OCH3 is 1. The predicted octanol–water partition coefficient (Wildman–Crippen LogP) is 1.36. The lowest BCUT2D eigenvalue weighted by molar-refractivity contribution is -0.116. The Kier molecular flexibility index (Phi) is 4.96. The number of ether oxygens (including phenoxy) is 2. The quantitative estimate of drug-likeness (QED) is 0.688. The van der Waals surface area contributed by atoms with Gasteiger partial charge in [0.15, 0.2) is 11.5 Å². The van der Waals surface area contributed by atoms with Crippen molar-refractivity contribution in [2.45, 2.75) is 13.2 Å². The van der Waals surface area contributed by atoms with E-state index in [0.717, 1.165) is 0 Å². The molecule has 1 amide bonds. The minimum atomic E-state index is -0.256. The van der Waals surface area contributed by atoms with Crippen LogP contribution in [-0.4, -0.2) is 38.2 Å². The van der Waals surface area contributed by atoms with Crippen LogP contribution in [0.15, 0.2) is 36.0 Å². The van der Waals surface area contributed by atoms with Gasteiger partial charge in [0.25, 0.3) is 0 Å². The zero-order valence-corrected chi connectivity index (χ0v) is 13.6. The number of rotatable bonds is 7. The molecule has 0 unspecified atom stereocenters. The molecule has 0 bridgehead atoms. The Labute approximate surface area is 141 Å². The number of carbonyl (C=O) groups is 1. The summed E-state index contributed by atoms with van der Waals surface area (Å²) in [5, 5.41) is 18.3. The van der Waals surface area contributed by atoms with E-state index in [4.69, 9.17) is 9.47 Å². The summed E-state index contributed by atoms with van der Waals surface area (Å²) < 4.78 is 12.3. The van der Waals surface area contributed by atoms with E-state index >= 15 is 0 Å². The zero-order chi connectivity index (χ0) is 16.8. The highest BCUT2D eigenvalue weighted by molar-refractivity contribution is 7.13. The highest BCUT2D eigenvalue weighted by Crippen LogP contribution is 2.26. The number of para-hydroxylation sites is 2. The first-order valence-corrected chi connectivity index (χ1v) is 7.83. The number of hydrogen-bond acceptors (Lipinski definition) is 8. The van der Waals surface area contributed by atoms with Crippen LogP contribution < -0.4 is 14.8 Å². The number of nitrogens with zero attached hydrogens (tertiary/aromatic N) is 5. The van der Waals surface area contributed by atoms with Crippen molar-refractivity contribution in [3.63, 3.8) is 0 Å². The molecule has 9 nitrogen and oxygen atoms in total. The third kappa shape index (κ3) is 4.04. The number of nitrogens with one attached hydrogen (secondary N) is 1. The average Bonchev–Trinajstić information content (AvgIpc) is 3.25. The van der Waals surface area contributed by atoms with Crippen LogP contribution in [0.25, 0.3) is 0 Å². The number of hydrogen-bond donors (Lipinski definition) is 1. The molecule has 24 heavy (non-hydrogen) atoms. The molecule has 0 atom stereocenters. The number of benzene rings is 1. The summed E-state index contributed by atoms with van der Waals surface area (Å²) in [5.74, 6) is 0.999. The Morgan fingerprint density at radius 2 is 2.12 bits per heavy atom. The van der Waals surface area contributed by atoms with Crippen molar-refractivity contribution in [1.29, 1.82) is 0 Å². The molecule has 0 aliphatic heterocycles. The van der Waals surface area contributed by atoms with Gasteiger partial charge in [-0.3, -0.25) is 10.1 Å². The third-order valence-electron chi connectivity index (χ3n) is 2.94. The summed E-state index contributed by atoms with van der Waals surface area (Å²) in [6, 6.07) is 7.33. The van der Waals surface area contributed by atoms with Gasteiger partial charge >= 0.3 is 0 Å². The van der Waals surface area contributed by atoms with Crippen LogP contribution in [0, 0.1) is 0 Å². The Hall–Kier alpha value is -3.01. The highest BCUT2D eigenvalue weighted by atomic mass is 32.1. The van der Waals surface area contributed by atoms with Gasteiger partial charge in [0.1, 0.15) is 24.4 Å². The summed E-state index contributed by atoms with van der Waals surface area (Å²) in [4.78, 5) is 11.8. The van der Waals surface area contributed by atoms with Gasteiger partial charge in [-0.25, -0.2) is 4.68 Å². The van der Waals surface area contributed by atoms with E-state index in [1.807, 2.05) is 18.2 Å². The van der Waals surface area contributed by atoms with E-state index in [2.05, 4.69) is 25.8 Å². The number of amides is 1. The van der Waals surface area contributed by atoms with Crippen LogP contribution in [0.1, 0.15) is 5.69 Å². The van der Waals surface area contributed by atoms with E-state index < -0.39 is 0 Å². The van der Waals surface area contributed by atoms with Crippen molar-refractivity contribution in [3.05, 3.63) is 41.7 Å². The molecule has 0 aliphatic carbocycles. The second-order valence-electron chi connectivity index (χ2n) is 4.64. The molecule has 3 aromatic rings. The fourth-order valence-electron chi connectivity index (χ4n) is 1.91. The van der Waals surface area contributed by atoms with Gasteiger partial charge in [0.2, 0.25) is 11.0 Å². The van der Waals surface area contributed by atoms with Crippen molar-refractivity contribution >= 4 is 22.4 Å². The second kappa shape index (κ2) is 7.51. The molecule has 2 heterocycles. The molecule has 10 heteroatoms. The maximum absolute atomic E-state index is 11.8. The first-order valence-electron chi connectivity index (χ1n) is 6.95. The molecular formula is C14H14N6O3S. The Morgan fingerprint density at radius 3 is 2.88 bits per heavy atom. The molecule has 0 saturated carbocycles. The van der Waals surface area contributed by atoms with Crippen LogP contribution in [-0.2, 0) is 17.9 Å². The molecule has 3 rings (SSSR count). The summed E-state index contributed by atoms with van der Waals surface area (Å²) in [6.45, 7) is 0.250. The maximum atomic E-state index is 11.8. The lowest BCUT2D eigenvalue weighted by Crippen LogP contribution is -2.19. The van der Waals surface area contributed by atoms with E-state index in [-0.39, 0.29) is 19.1 Å². The van der Waals surface area contributed by atoms with Crippen LogP contribution in [0.5, 0.6) is 11.5 Å². The molecule has 0 fully saturated rings. The number of aromatic nitrogens is 5. The van der Waals surface area contributed by atoms with E-state index in [1.54, 1.807) is 24.9 Å². The lowest BCUT2D eigenvalue weighted by atomic mass is 10.3. The molecule has 0 aliphatic rings. The van der Waals surface area contributed by atoms with Gasteiger partial charge in [-0.05, 0) is 12.1 Å². The zero-order valence-electron chi connectivity index (χ0n) is 12.7. The second-order valence-corrected chi connectivity index (χ2v) is 5.47. The number of carbonyl (C=O) groups excluding carboxylic acids is 1. The number of anilines is 1. The Balaban J connectivity index is 1.54. The largest absolute Gasteiger partial charge is 0.493 e. The summed E-state index contributed by atoms with van der Waals surface area (Å²) in [5.41, 5.74) is 2.14. The maximum Gasteiger partial charge on any atom is 0.247 e. The van der Waals surface area contributed by atoms with Crippen LogP contribution in [0.4, 0.5) is 5.13 Å². The summed E-state index contributed by atoms with van der Waals surface area (Å²) >= 11 is 1.24. The first-order chi connectivity index (χ1) is 11.7. The van der Waals surface area contributed by atoms with Gasteiger partial charge in [-0.1, -0.05) is 28.7 Å². The molecule has 1 aromatic carbocycles. The van der Waals surface area contributed by atoms with Crippen LogP contribution in [0.3, 0.4) is 0 Å². The van der Waals surface area contributed by atoms with Crippen LogP contribution >= 0.6 is 11.3 Å². The summed E-state index contributed by atoms with van der Waals surface area (Å²) in [7, 11) is 1.58. The van der Waals surface area contributed by atoms with E-state index in [0.29, 0.717) is 22.3 Å². The van der Waals surface area contributed by atoms with Gasteiger partial charge in [0.05, 0.1) is 13.3 Å².